The predicted octanol–water partition coefficient (Wildman–Crippen LogP) is 2.64. The molecule has 2 heteroatoms. The molecular formula is C13H18N2. The van der Waals surface area contributed by atoms with Crippen LogP contribution in [0.5, 0.6) is 0 Å². The smallest absolute Gasteiger partial charge is 0.0622 e. The van der Waals surface area contributed by atoms with Gasteiger partial charge in [-0.15, -0.1) is 0 Å². The molecule has 0 bridgehead atoms. The molecule has 1 aromatic rings. The van der Waals surface area contributed by atoms with Crippen LogP contribution in [0.4, 0.5) is 0 Å². The molecule has 0 heterocycles. The third kappa shape index (κ3) is 4.14. The van der Waals surface area contributed by atoms with Crippen LogP contribution in [0.15, 0.2) is 24.3 Å². The second-order valence-electron chi connectivity index (χ2n) is 3.56. The van der Waals surface area contributed by atoms with Crippen molar-refractivity contribution in [3.8, 4) is 6.07 Å². The number of unbranched alkanes of at least 4 members (excludes halogenated alkanes) is 1. The molecule has 0 aromatic heterocycles. The molecule has 0 atom stereocenters. The predicted molar refractivity (Wildman–Crippen MR) is 62.4 cm³/mol. The van der Waals surface area contributed by atoms with Gasteiger partial charge in [0.05, 0.1) is 6.07 Å². The maximum Gasteiger partial charge on any atom is 0.0622 e. The third-order valence-corrected chi connectivity index (χ3v) is 2.46. The van der Waals surface area contributed by atoms with Gasteiger partial charge in [-0.25, -0.2) is 0 Å². The van der Waals surface area contributed by atoms with Crippen LogP contribution >= 0.6 is 0 Å². The van der Waals surface area contributed by atoms with Crippen LogP contribution in [0.3, 0.4) is 0 Å². The molecule has 2 nitrogen and oxygen atoms in total. The minimum atomic E-state index is 0.641. The number of benzene rings is 1. The van der Waals surface area contributed by atoms with Gasteiger partial charge >= 0.3 is 0 Å². The van der Waals surface area contributed by atoms with E-state index in [9.17, 15) is 0 Å². The van der Waals surface area contributed by atoms with E-state index in [2.05, 4.69) is 42.6 Å². The van der Waals surface area contributed by atoms with Crippen molar-refractivity contribution in [3.63, 3.8) is 0 Å². The zero-order chi connectivity index (χ0) is 10.9. The number of hydrogen-bond donors (Lipinski definition) is 1. The van der Waals surface area contributed by atoms with Gasteiger partial charge in [0.25, 0.3) is 0 Å². The summed E-state index contributed by atoms with van der Waals surface area (Å²) in [5.74, 6) is 0. The Morgan fingerprint density at radius 3 is 2.67 bits per heavy atom. The molecule has 0 unspecified atom stereocenters. The van der Waals surface area contributed by atoms with Gasteiger partial charge in [-0.05, 0) is 30.5 Å². The lowest BCUT2D eigenvalue weighted by atomic mass is 10.1. The van der Waals surface area contributed by atoms with Crippen LogP contribution in [0.1, 0.15) is 30.9 Å². The molecule has 0 amide bonds. The lowest BCUT2D eigenvalue weighted by Gasteiger charge is -2.08. The van der Waals surface area contributed by atoms with Crippen molar-refractivity contribution >= 4 is 0 Å². The minimum Gasteiger partial charge on any atom is -0.313 e. The molecule has 0 fully saturated rings. The van der Waals surface area contributed by atoms with E-state index in [4.69, 9.17) is 5.26 Å². The van der Waals surface area contributed by atoms with Crippen molar-refractivity contribution in [1.29, 1.82) is 5.26 Å². The van der Waals surface area contributed by atoms with Gasteiger partial charge < -0.3 is 5.32 Å². The number of aryl methyl sites for hydroxylation is 1. The van der Waals surface area contributed by atoms with E-state index in [1.54, 1.807) is 0 Å². The largest absolute Gasteiger partial charge is 0.313 e. The molecule has 0 aliphatic carbocycles. The lowest BCUT2D eigenvalue weighted by molar-refractivity contribution is 0.654. The van der Waals surface area contributed by atoms with Crippen LogP contribution in [-0.2, 0) is 13.0 Å². The second-order valence-corrected chi connectivity index (χ2v) is 3.56. The number of nitrogens with one attached hydrogen (secondary N) is 1. The topological polar surface area (TPSA) is 35.8 Å². The maximum atomic E-state index is 8.39. The summed E-state index contributed by atoms with van der Waals surface area (Å²) in [5, 5.41) is 11.7. The molecular weight excluding hydrogens is 184 g/mol. The van der Waals surface area contributed by atoms with E-state index < -0.39 is 0 Å². The zero-order valence-corrected chi connectivity index (χ0v) is 9.29. The summed E-state index contributed by atoms with van der Waals surface area (Å²) in [5.41, 5.74) is 2.78. The Hall–Kier alpha value is -1.33. The van der Waals surface area contributed by atoms with Gasteiger partial charge in [0.2, 0.25) is 0 Å². The summed E-state index contributed by atoms with van der Waals surface area (Å²) in [6.07, 6.45) is 2.66. The monoisotopic (exact) mass is 202 g/mol. The van der Waals surface area contributed by atoms with Crippen molar-refractivity contribution in [3.05, 3.63) is 35.4 Å². The fourth-order valence-electron chi connectivity index (χ4n) is 1.59. The van der Waals surface area contributed by atoms with E-state index in [-0.39, 0.29) is 0 Å². The van der Waals surface area contributed by atoms with Gasteiger partial charge in [-0.2, -0.15) is 5.26 Å². The van der Waals surface area contributed by atoms with Crippen molar-refractivity contribution in [2.24, 2.45) is 0 Å². The molecule has 0 saturated carbocycles. The first-order valence-electron chi connectivity index (χ1n) is 5.53. The summed E-state index contributed by atoms with van der Waals surface area (Å²) in [7, 11) is 0. The third-order valence-electron chi connectivity index (χ3n) is 2.46. The van der Waals surface area contributed by atoms with Gasteiger partial charge in [0.15, 0.2) is 0 Å². The average molecular weight is 202 g/mol. The van der Waals surface area contributed by atoms with Crippen molar-refractivity contribution in [2.75, 3.05) is 6.54 Å². The van der Waals surface area contributed by atoms with E-state index in [0.29, 0.717) is 6.42 Å². The van der Waals surface area contributed by atoms with Gasteiger partial charge in [-0.3, -0.25) is 0 Å². The standard InChI is InChI=1S/C13H18N2/c1-2-12-7-3-4-8-13(12)11-15-10-6-5-9-14/h3-4,7-8,15H,2,5-6,10-11H2,1H3. The second kappa shape index (κ2) is 7.03. The fraction of sp³-hybridized carbons (Fsp3) is 0.462. The van der Waals surface area contributed by atoms with Crippen LogP contribution in [0, 0.1) is 11.3 Å². The van der Waals surface area contributed by atoms with Crippen molar-refractivity contribution < 1.29 is 0 Å². The number of hydrogen-bond acceptors (Lipinski definition) is 2. The first-order chi connectivity index (χ1) is 7.38. The first kappa shape index (κ1) is 11.7. The molecule has 15 heavy (non-hydrogen) atoms. The molecule has 0 radical (unpaired) electrons. The first-order valence-corrected chi connectivity index (χ1v) is 5.53. The Balaban J connectivity index is 2.34. The molecule has 0 spiro atoms. The normalized spacial score (nSPS) is 9.87. The van der Waals surface area contributed by atoms with Crippen molar-refractivity contribution in [1.82, 2.24) is 5.32 Å². The quantitative estimate of drug-likeness (QED) is 0.720. The summed E-state index contributed by atoms with van der Waals surface area (Å²) in [6, 6.07) is 10.6. The highest BCUT2D eigenvalue weighted by Crippen LogP contribution is 2.08. The highest BCUT2D eigenvalue weighted by atomic mass is 14.8. The molecule has 80 valence electrons. The number of nitrogens with zero attached hydrogens (tertiary/aromatic N) is 1. The van der Waals surface area contributed by atoms with E-state index in [1.807, 2.05) is 0 Å². The van der Waals surface area contributed by atoms with Crippen LogP contribution < -0.4 is 5.32 Å². The van der Waals surface area contributed by atoms with E-state index >= 15 is 0 Å². The van der Waals surface area contributed by atoms with Gasteiger partial charge in [0, 0.05) is 13.0 Å². The van der Waals surface area contributed by atoms with E-state index in [1.165, 1.54) is 11.1 Å². The summed E-state index contributed by atoms with van der Waals surface area (Å²) in [4.78, 5) is 0. The van der Waals surface area contributed by atoms with Crippen LogP contribution in [0.25, 0.3) is 0 Å². The SMILES string of the molecule is CCc1ccccc1CNCCCC#N. The zero-order valence-electron chi connectivity index (χ0n) is 9.29. The molecule has 0 aliphatic rings. The summed E-state index contributed by atoms with van der Waals surface area (Å²) in [6.45, 7) is 4.01. The fourth-order valence-corrected chi connectivity index (χ4v) is 1.59. The Bertz CT molecular complexity index is 326. The van der Waals surface area contributed by atoms with E-state index in [0.717, 1.165) is 25.9 Å². The highest BCUT2D eigenvalue weighted by Gasteiger charge is 1.98. The number of rotatable bonds is 6. The lowest BCUT2D eigenvalue weighted by Crippen LogP contribution is -2.15. The highest BCUT2D eigenvalue weighted by molar-refractivity contribution is 5.26. The maximum absolute atomic E-state index is 8.39. The Labute approximate surface area is 91.9 Å². The molecule has 1 aromatic carbocycles. The Morgan fingerprint density at radius 1 is 1.27 bits per heavy atom. The van der Waals surface area contributed by atoms with Crippen LogP contribution in [0.2, 0.25) is 0 Å². The molecule has 1 N–H and O–H groups in total. The average Bonchev–Trinajstić information content (AvgIpc) is 2.29. The Kier molecular flexibility index (Phi) is 5.50. The summed E-state index contributed by atoms with van der Waals surface area (Å²) < 4.78 is 0. The molecule has 1 rings (SSSR count). The van der Waals surface area contributed by atoms with Gasteiger partial charge in [-0.1, -0.05) is 31.2 Å². The minimum absolute atomic E-state index is 0.641. The Morgan fingerprint density at radius 2 is 2.00 bits per heavy atom. The molecule has 0 saturated heterocycles. The molecule has 0 aliphatic heterocycles. The van der Waals surface area contributed by atoms with Gasteiger partial charge in [0.1, 0.15) is 0 Å². The van der Waals surface area contributed by atoms with Crippen molar-refractivity contribution in [2.45, 2.75) is 32.7 Å². The summed E-state index contributed by atoms with van der Waals surface area (Å²) >= 11 is 0. The van der Waals surface area contributed by atoms with Crippen LogP contribution in [-0.4, -0.2) is 6.54 Å². The number of nitriles is 1.